The lowest BCUT2D eigenvalue weighted by atomic mass is 10.1. The number of rotatable bonds is 6. The summed E-state index contributed by atoms with van der Waals surface area (Å²) >= 11 is 1.35. The molecule has 0 saturated carbocycles. The van der Waals surface area contributed by atoms with Gasteiger partial charge >= 0.3 is 5.69 Å². The molecule has 0 aliphatic rings. The molecule has 8 nitrogen and oxygen atoms in total. The molecule has 0 unspecified atom stereocenters. The number of phenols is 1. The maximum atomic E-state index is 12.2. The van der Waals surface area contributed by atoms with E-state index in [1.54, 1.807) is 5.38 Å². The number of nitrogens with one attached hydrogen (secondary N) is 1. The molecule has 0 aliphatic heterocycles. The number of carbonyl (C=O) groups excluding carboxylic acids is 1. The van der Waals surface area contributed by atoms with E-state index in [0.29, 0.717) is 5.56 Å². The normalized spacial score (nSPS) is 10.9. The van der Waals surface area contributed by atoms with Crippen molar-refractivity contribution in [2.45, 2.75) is 13.3 Å². The zero-order valence-corrected chi connectivity index (χ0v) is 15.6. The Hall–Kier alpha value is -3.59. The quantitative estimate of drug-likeness (QED) is 0.374. The average Bonchev–Trinajstić information content (AvgIpc) is 3.19. The van der Waals surface area contributed by atoms with Crippen LogP contribution in [0, 0.1) is 10.1 Å². The van der Waals surface area contributed by atoms with Crippen LogP contribution in [-0.4, -0.2) is 27.1 Å². The van der Waals surface area contributed by atoms with Crippen LogP contribution in [0.4, 0.5) is 5.69 Å². The number of thiazole rings is 1. The second kappa shape index (κ2) is 8.40. The number of hydrazone groups is 1. The lowest BCUT2D eigenvalue weighted by Gasteiger charge is -1.99. The monoisotopic (exact) mass is 396 g/mol. The molecule has 3 aromatic rings. The molecule has 2 N–H and O–H groups in total. The first-order valence-electron chi connectivity index (χ1n) is 8.33. The van der Waals surface area contributed by atoms with Gasteiger partial charge in [-0.05, 0) is 24.1 Å². The largest absolute Gasteiger partial charge is 0.502 e. The van der Waals surface area contributed by atoms with Gasteiger partial charge in [0.05, 0.1) is 11.1 Å². The Morgan fingerprint density at radius 1 is 1.32 bits per heavy atom. The molecule has 0 fully saturated rings. The van der Waals surface area contributed by atoms with Gasteiger partial charge in [-0.1, -0.05) is 31.2 Å². The lowest BCUT2D eigenvalue weighted by Crippen LogP contribution is -2.17. The third-order valence-corrected chi connectivity index (χ3v) is 4.81. The van der Waals surface area contributed by atoms with Crippen LogP contribution in [0.1, 0.15) is 28.5 Å². The van der Waals surface area contributed by atoms with Crippen molar-refractivity contribution in [1.82, 2.24) is 10.4 Å². The molecule has 28 heavy (non-hydrogen) atoms. The first kappa shape index (κ1) is 19.2. The van der Waals surface area contributed by atoms with Gasteiger partial charge in [0.15, 0.2) is 5.75 Å². The highest BCUT2D eigenvalue weighted by Crippen LogP contribution is 2.26. The molecule has 142 valence electrons. The van der Waals surface area contributed by atoms with Crippen LogP contribution >= 0.6 is 11.3 Å². The molecule has 0 saturated heterocycles. The number of nitro benzene ring substituents is 1. The second-order valence-corrected chi connectivity index (χ2v) is 6.65. The number of amides is 1. The van der Waals surface area contributed by atoms with Gasteiger partial charge in [-0.25, -0.2) is 10.4 Å². The van der Waals surface area contributed by atoms with Crippen molar-refractivity contribution >= 4 is 29.1 Å². The third kappa shape index (κ3) is 4.38. The van der Waals surface area contributed by atoms with Crippen molar-refractivity contribution in [3.05, 3.63) is 74.8 Å². The predicted molar refractivity (Wildman–Crippen MR) is 107 cm³/mol. The van der Waals surface area contributed by atoms with Crippen LogP contribution in [0.2, 0.25) is 0 Å². The molecular weight excluding hydrogens is 380 g/mol. The highest BCUT2D eigenvalue weighted by molar-refractivity contribution is 7.13. The Balaban J connectivity index is 1.67. The summed E-state index contributed by atoms with van der Waals surface area (Å²) < 4.78 is 0. The van der Waals surface area contributed by atoms with E-state index in [9.17, 15) is 20.0 Å². The van der Waals surface area contributed by atoms with E-state index in [1.807, 2.05) is 24.3 Å². The summed E-state index contributed by atoms with van der Waals surface area (Å²) in [5, 5.41) is 26.4. The van der Waals surface area contributed by atoms with Crippen molar-refractivity contribution in [1.29, 1.82) is 0 Å². The molecule has 0 radical (unpaired) electrons. The highest BCUT2D eigenvalue weighted by atomic mass is 32.1. The van der Waals surface area contributed by atoms with E-state index in [2.05, 4.69) is 22.4 Å². The van der Waals surface area contributed by atoms with Gasteiger partial charge in [0.25, 0.3) is 5.91 Å². The number of aryl methyl sites for hydroxylation is 1. The Labute approximate surface area is 164 Å². The summed E-state index contributed by atoms with van der Waals surface area (Å²) in [6.07, 6.45) is 2.20. The maximum absolute atomic E-state index is 12.2. The second-order valence-electron chi connectivity index (χ2n) is 5.79. The average molecular weight is 396 g/mol. The zero-order valence-electron chi connectivity index (χ0n) is 14.8. The van der Waals surface area contributed by atoms with Crippen LogP contribution in [-0.2, 0) is 6.42 Å². The first-order valence-corrected chi connectivity index (χ1v) is 9.21. The lowest BCUT2D eigenvalue weighted by molar-refractivity contribution is -0.385. The molecule has 0 spiro atoms. The van der Waals surface area contributed by atoms with Gasteiger partial charge in [0.2, 0.25) is 0 Å². The molecule has 1 heterocycles. The molecule has 1 amide bonds. The number of aromatic hydroxyl groups is 1. The van der Waals surface area contributed by atoms with E-state index >= 15 is 0 Å². The fourth-order valence-corrected chi connectivity index (χ4v) is 3.19. The molecule has 3 rings (SSSR count). The molecule has 1 aromatic heterocycles. The summed E-state index contributed by atoms with van der Waals surface area (Å²) in [7, 11) is 0. The summed E-state index contributed by atoms with van der Waals surface area (Å²) in [4.78, 5) is 26.6. The van der Waals surface area contributed by atoms with Crippen molar-refractivity contribution in [3.8, 4) is 16.3 Å². The van der Waals surface area contributed by atoms with E-state index in [0.717, 1.165) is 23.1 Å². The Morgan fingerprint density at radius 3 is 2.75 bits per heavy atom. The number of hydrogen-bond donors (Lipinski definition) is 2. The third-order valence-electron chi connectivity index (χ3n) is 3.92. The van der Waals surface area contributed by atoms with Gasteiger partial charge in [0, 0.05) is 22.6 Å². The molecule has 0 bridgehead atoms. The van der Waals surface area contributed by atoms with Gasteiger partial charge in [-0.15, -0.1) is 11.3 Å². The van der Waals surface area contributed by atoms with Crippen molar-refractivity contribution in [3.63, 3.8) is 0 Å². The van der Waals surface area contributed by atoms with E-state index in [-0.39, 0.29) is 5.69 Å². The van der Waals surface area contributed by atoms with E-state index in [1.165, 1.54) is 35.2 Å². The minimum Gasteiger partial charge on any atom is -0.502 e. The highest BCUT2D eigenvalue weighted by Gasteiger charge is 2.13. The maximum Gasteiger partial charge on any atom is 0.311 e. The molecule has 2 aromatic carbocycles. The summed E-state index contributed by atoms with van der Waals surface area (Å²) in [6, 6.07) is 11.8. The number of benzene rings is 2. The molecular formula is C19H16N4O4S. The standard InChI is InChI=1S/C19H16N4O4S/c1-2-12-3-6-14(7-4-12)19-21-15(11-28-19)18(25)22-20-10-13-5-8-17(24)16(9-13)23(26)27/h3-11,24H,2H2,1H3,(H,22,25)/b20-10+. The van der Waals surface area contributed by atoms with Crippen LogP contribution in [0.15, 0.2) is 52.9 Å². The van der Waals surface area contributed by atoms with Crippen molar-refractivity contribution in [2.75, 3.05) is 0 Å². The minimum atomic E-state index is -0.699. The van der Waals surface area contributed by atoms with Crippen LogP contribution in [0.3, 0.4) is 0 Å². The molecule has 0 aliphatic carbocycles. The smallest absolute Gasteiger partial charge is 0.311 e. The van der Waals surface area contributed by atoms with Crippen LogP contribution < -0.4 is 5.43 Å². The summed E-state index contributed by atoms with van der Waals surface area (Å²) in [5.41, 5.74) is 4.65. The minimum absolute atomic E-state index is 0.230. The Kier molecular flexibility index (Phi) is 5.75. The van der Waals surface area contributed by atoms with Gasteiger partial charge < -0.3 is 5.11 Å². The number of nitro groups is 1. The van der Waals surface area contributed by atoms with Gasteiger partial charge in [0.1, 0.15) is 10.7 Å². The van der Waals surface area contributed by atoms with Gasteiger partial charge in [-0.2, -0.15) is 5.10 Å². The first-order chi connectivity index (χ1) is 13.5. The number of aromatic nitrogens is 1. The topological polar surface area (TPSA) is 118 Å². The summed E-state index contributed by atoms with van der Waals surface area (Å²) in [5.74, 6) is -0.926. The number of nitrogens with zero attached hydrogens (tertiary/aromatic N) is 3. The van der Waals surface area contributed by atoms with Crippen molar-refractivity contribution < 1.29 is 14.8 Å². The fraction of sp³-hybridized carbons (Fsp3) is 0.105. The number of hydrogen-bond acceptors (Lipinski definition) is 7. The molecule has 0 atom stereocenters. The van der Waals surface area contributed by atoms with Crippen LogP contribution in [0.25, 0.3) is 10.6 Å². The van der Waals surface area contributed by atoms with E-state index < -0.39 is 22.3 Å². The van der Waals surface area contributed by atoms with Crippen LogP contribution in [0.5, 0.6) is 5.75 Å². The Bertz CT molecular complexity index is 1040. The van der Waals surface area contributed by atoms with E-state index in [4.69, 9.17) is 0 Å². The summed E-state index contributed by atoms with van der Waals surface area (Å²) in [6.45, 7) is 2.08. The molecule has 9 heteroatoms. The fourth-order valence-electron chi connectivity index (χ4n) is 2.38. The Morgan fingerprint density at radius 2 is 2.07 bits per heavy atom. The van der Waals surface area contributed by atoms with Gasteiger partial charge in [-0.3, -0.25) is 14.9 Å². The predicted octanol–water partition coefficient (Wildman–Crippen LogP) is 3.75. The van der Waals surface area contributed by atoms with Crippen molar-refractivity contribution in [2.24, 2.45) is 5.10 Å². The SMILES string of the molecule is CCc1ccc(-c2nc(C(=O)N/N=C/c3ccc(O)c([N+](=O)[O-])c3)cs2)cc1. The number of phenolic OH excluding ortho intramolecular Hbond substituents is 1. The zero-order chi connectivity index (χ0) is 20.1. The number of carbonyl (C=O) groups is 1.